The summed E-state index contributed by atoms with van der Waals surface area (Å²) in [5.41, 5.74) is 10.8. The zero-order valence-corrected chi connectivity index (χ0v) is 35.5. The van der Waals surface area contributed by atoms with E-state index in [9.17, 15) is 52.2 Å². The van der Waals surface area contributed by atoms with Gasteiger partial charge in [0.25, 0.3) is 0 Å². The summed E-state index contributed by atoms with van der Waals surface area (Å²) in [6.45, 7) is 7.01. The standard InChI is InChI=1S/C45H54F3N7O8/c1-25(2)35(51-41(60)61)37(56)53-21-7-19-43(53,39(49)58)30-11-5-9-27(23-30)33-17-18-34(55(33)32-15-13-29(14-16-32)45(46,47)48)28-10-6-12-31(24-28)44(40(50)59)20-8-22-54(44)38(57)36(26(3)4)52-42(62)63/h5-6,9-16,23-26,33-36,51-52H,7-8,17-22H2,1-4H3,(H2,49,58)(H2,50,59)(H,60,61)(H,62,63)/t33-,34+,35-,36-,43-,44-/m0/s1. The smallest absolute Gasteiger partial charge is 0.416 e. The van der Waals surface area contributed by atoms with Crippen molar-refractivity contribution in [3.63, 3.8) is 0 Å². The highest BCUT2D eigenvalue weighted by Crippen LogP contribution is 2.50. The summed E-state index contributed by atoms with van der Waals surface area (Å²) < 4.78 is 41.5. The molecule has 6 amide bonds. The van der Waals surface area contributed by atoms with Gasteiger partial charge in [0.05, 0.1) is 17.6 Å². The van der Waals surface area contributed by atoms with Crippen LogP contribution >= 0.6 is 0 Å². The SMILES string of the molecule is CC(C)[C@H](NC(=O)O)C(=O)N1CCC[C@@]1(C(N)=O)c1cccc([C@H]2CC[C@@H](c3cccc([C@]4(C(N)=O)CCCN4C(=O)[C@@H](NC(=O)O)C(C)C)c3)N2c2ccc(C(F)(F)F)cc2)c1. The van der Waals surface area contributed by atoms with Gasteiger partial charge in [0.1, 0.15) is 23.2 Å². The lowest BCUT2D eigenvalue weighted by atomic mass is 9.83. The third kappa shape index (κ3) is 8.58. The molecule has 3 saturated heterocycles. The van der Waals surface area contributed by atoms with Crippen molar-refractivity contribution in [2.24, 2.45) is 23.3 Å². The van der Waals surface area contributed by atoms with Crippen molar-refractivity contribution >= 4 is 41.5 Å². The zero-order chi connectivity index (χ0) is 46.2. The molecule has 0 spiro atoms. The summed E-state index contributed by atoms with van der Waals surface area (Å²) in [6, 6.07) is 15.4. The molecule has 0 saturated carbocycles. The molecule has 63 heavy (non-hydrogen) atoms. The van der Waals surface area contributed by atoms with Crippen molar-refractivity contribution < 1.29 is 52.2 Å². The number of nitrogens with two attached hydrogens (primary N) is 2. The number of carboxylic acid groups (broad SMARTS) is 2. The normalized spacial score (nSPS) is 23.5. The van der Waals surface area contributed by atoms with Crippen LogP contribution in [0.25, 0.3) is 0 Å². The van der Waals surface area contributed by atoms with E-state index in [0.29, 0.717) is 53.6 Å². The average Bonchev–Trinajstić information content (AvgIpc) is 4.00. The quantitative estimate of drug-likeness (QED) is 0.119. The van der Waals surface area contributed by atoms with Crippen molar-refractivity contribution in [1.82, 2.24) is 20.4 Å². The molecule has 3 aromatic rings. The number of alkyl halides is 3. The van der Waals surface area contributed by atoms with Gasteiger partial charge in [-0.3, -0.25) is 19.2 Å². The molecule has 0 radical (unpaired) electrons. The minimum Gasteiger partial charge on any atom is -0.465 e. The summed E-state index contributed by atoms with van der Waals surface area (Å²) in [5, 5.41) is 23.6. The first-order valence-electron chi connectivity index (χ1n) is 21.0. The van der Waals surface area contributed by atoms with Gasteiger partial charge in [-0.05, 0) is 96.9 Å². The number of carbonyl (C=O) groups excluding carboxylic acids is 4. The summed E-state index contributed by atoms with van der Waals surface area (Å²) in [5.74, 6) is -3.72. The Bertz CT molecular complexity index is 2130. The summed E-state index contributed by atoms with van der Waals surface area (Å²) in [4.78, 5) is 83.4. The number of hydrogen-bond acceptors (Lipinski definition) is 7. The minimum absolute atomic E-state index is 0.139. The topological polar surface area (TPSA) is 229 Å². The highest BCUT2D eigenvalue weighted by Gasteiger charge is 2.53. The van der Waals surface area contributed by atoms with Crippen LogP contribution in [0, 0.1) is 11.8 Å². The average molecular weight is 878 g/mol. The van der Waals surface area contributed by atoms with Crippen molar-refractivity contribution in [2.75, 3.05) is 18.0 Å². The molecule has 0 aromatic heterocycles. The lowest BCUT2D eigenvalue weighted by Gasteiger charge is -2.40. The van der Waals surface area contributed by atoms with E-state index in [1.165, 1.54) is 21.9 Å². The molecule has 6 rings (SSSR count). The molecule has 18 heteroatoms. The lowest BCUT2D eigenvalue weighted by molar-refractivity contribution is -0.146. The van der Waals surface area contributed by atoms with Gasteiger partial charge in [-0.15, -0.1) is 0 Å². The van der Waals surface area contributed by atoms with E-state index in [2.05, 4.69) is 10.6 Å². The molecular formula is C45H54F3N7O8. The maximum atomic E-state index is 14.1. The Morgan fingerprint density at radius 3 is 1.40 bits per heavy atom. The zero-order valence-electron chi connectivity index (χ0n) is 35.5. The number of carbonyl (C=O) groups is 6. The largest absolute Gasteiger partial charge is 0.465 e. The van der Waals surface area contributed by atoms with Crippen LogP contribution < -0.4 is 27.0 Å². The first-order chi connectivity index (χ1) is 29.6. The minimum atomic E-state index is -4.60. The summed E-state index contributed by atoms with van der Waals surface area (Å²) in [7, 11) is 0. The molecule has 6 atom stereocenters. The highest BCUT2D eigenvalue weighted by atomic mass is 19.4. The Hall–Kier alpha value is -6.33. The second-order valence-electron chi connectivity index (χ2n) is 17.3. The maximum absolute atomic E-state index is 14.1. The number of likely N-dealkylation sites (tertiary alicyclic amines) is 2. The van der Waals surface area contributed by atoms with Gasteiger partial charge in [-0.25, -0.2) is 9.59 Å². The van der Waals surface area contributed by atoms with E-state index >= 15 is 0 Å². The lowest BCUT2D eigenvalue weighted by Crippen LogP contribution is -2.59. The Morgan fingerprint density at radius 2 is 1.06 bits per heavy atom. The highest BCUT2D eigenvalue weighted by molar-refractivity contribution is 5.96. The van der Waals surface area contributed by atoms with Crippen LogP contribution in [0.4, 0.5) is 28.4 Å². The van der Waals surface area contributed by atoms with E-state index in [0.717, 1.165) is 12.1 Å². The maximum Gasteiger partial charge on any atom is 0.416 e. The van der Waals surface area contributed by atoms with Crippen molar-refractivity contribution in [2.45, 2.75) is 108 Å². The second kappa shape index (κ2) is 17.8. The molecule has 0 bridgehead atoms. The van der Waals surface area contributed by atoms with Gasteiger partial charge in [0.15, 0.2) is 0 Å². The number of hydrogen-bond donors (Lipinski definition) is 6. The summed E-state index contributed by atoms with van der Waals surface area (Å²) >= 11 is 0. The number of halogens is 3. The predicted octanol–water partition coefficient (Wildman–Crippen LogP) is 5.98. The fourth-order valence-electron chi connectivity index (χ4n) is 9.91. The Labute approximate surface area is 362 Å². The molecule has 15 nitrogen and oxygen atoms in total. The van der Waals surface area contributed by atoms with Gasteiger partial charge in [0, 0.05) is 18.8 Å². The van der Waals surface area contributed by atoms with E-state index in [1.54, 1.807) is 64.1 Å². The van der Waals surface area contributed by atoms with Crippen LogP contribution in [0.15, 0.2) is 72.8 Å². The number of primary amides is 2. The van der Waals surface area contributed by atoms with Crippen LogP contribution in [-0.2, 0) is 36.4 Å². The van der Waals surface area contributed by atoms with Gasteiger partial charge >= 0.3 is 18.4 Å². The molecule has 3 aromatic carbocycles. The van der Waals surface area contributed by atoms with Crippen LogP contribution in [0.2, 0.25) is 0 Å². The van der Waals surface area contributed by atoms with E-state index in [-0.39, 0.29) is 25.9 Å². The number of benzene rings is 3. The van der Waals surface area contributed by atoms with Gasteiger partial charge in [0.2, 0.25) is 23.6 Å². The molecule has 8 N–H and O–H groups in total. The molecule has 0 unspecified atom stereocenters. The molecule has 0 aliphatic carbocycles. The molecule has 3 aliphatic heterocycles. The molecule has 3 heterocycles. The van der Waals surface area contributed by atoms with Gasteiger partial charge < -0.3 is 47.0 Å². The van der Waals surface area contributed by atoms with Crippen molar-refractivity contribution in [3.8, 4) is 0 Å². The van der Waals surface area contributed by atoms with Crippen LogP contribution in [0.3, 0.4) is 0 Å². The fraction of sp³-hybridized carbons (Fsp3) is 0.467. The first kappa shape index (κ1) is 46.2. The third-order valence-corrected chi connectivity index (χ3v) is 12.9. The van der Waals surface area contributed by atoms with E-state index in [4.69, 9.17) is 11.5 Å². The predicted molar refractivity (Wildman–Crippen MR) is 225 cm³/mol. The van der Waals surface area contributed by atoms with E-state index < -0.39 is 94.6 Å². The number of nitrogens with one attached hydrogen (secondary N) is 2. The number of rotatable bonds is 13. The summed E-state index contributed by atoms with van der Waals surface area (Å²) in [6.07, 6.45) is -5.32. The van der Waals surface area contributed by atoms with Crippen LogP contribution in [-0.4, -0.2) is 81.0 Å². The van der Waals surface area contributed by atoms with Crippen LogP contribution in [0.1, 0.15) is 106 Å². The van der Waals surface area contributed by atoms with E-state index in [1.807, 2.05) is 17.0 Å². The van der Waals surface area contributed by atoms with Crippen molar-refractivity contribution in [3.05, 3.63) is 101 Å². The molecular weight excluding hydrogens is 824 g/mol. The molecule has 3 aliphatic rings. The fourth-order valence-corrected chi connectivity index (χ4v) is 9.91. The Balaban J connectivity index is 1.44. The molecule has 338 valence electrons. The third-order valence-electron chi connectivity index (χ3n) is 12.9. The number of nitrogens with zero attached hydrogens (tertiary/aromatic N) is 3. The number of anilines is 1. The Kier molecular flexibility index (Phi) is 13.1. The first-order valence-corrected chi connectivity index (χ1v) is 21.0. The van der Waals surface area contributed by atoms with Crippen LogP contribution in [0.5, 0.6) is 0 Å². The number of amides is 6. The molecule has 3 fully saturated rings. The Morgan fingerprint density at radius 1 is 0.667 bits per heavy atom. The van der Waals surface area contributed by atoms with Gasteiger partial charge in [-0.2, -0.15) is 13.2 Å². The van der Waals surface area contributed by atoms with Gasteiger partial charge in [-0.1, -0.05) is 76.2 Å². The van der Waals surface area contributed by atoms with Crippen molar-refractivity contribution in [1.29, 1.82) is 0 Å². The monoisotopic (exact) mass is 877 g/mol. The second-order valence-corrected chi connectivity index (χ2v) is 17.3.